The van der Waals surface area contributed by atoms with Crippen LogP contribution in [0.1, 0.15) is 5.69 Å². The number of hydrogen-bond donors (Lipinski definition) is 5. The van der Waals surface area contributed by atoms with Gasteiger partial charge in [0, 0.05) is 48.9 Å². The summed E-state index contributed by atoms with van der Waals surface area (Å²) in [6, 6.07) is 9.04. The van der Waals surface area contributed by atoms with Gasteiger partial charge in [0.25, 0.3) is 0 Å². The molecule has 2 aromatic carbocycles. The van der Waals surface area contributed by atoms with Gasteiger partial charge < -0.3 is 25.6 Å². The van der Waals surface area contributed by atoms with Crippen LogP contribution < -0.4 is 20.3 Å². The van der Waals surface area contributed by atoms with Gasteiger partial charge in [-0.3, -0.25) is 14.4 Å². The molecule has 35 heavy (non-hydrogen) atoms. The molecule has 0 saturated heterocycles. The number of imidazole rings is 1. The van der Waals surface area contributed by atoms with Crippen molar-refractivity contribution < 1.29 is 27.9 Å². The summed E-state index contributed by atoms with van der Waals surface area (Å²) in [5, 5.41) is 14.7. The van der Waals surface area contributed by atoms with Crippen LogP contribution in [0, 0.1) is 0 Å². The first-order chi connectivity index (χ1) is 16.6. The van der Waals surface area contributed by atoms with Crippen LogP contribution in [0.5, 0.6) is 0 Å². The molecule has 3 aromatic rings. The Bertz CT molecular complexity index is 1320. The number of aromatic nitrogens is 2. The van der Waals surface area contributed by atoms with Crippen LogP contribution in [0.15, 0.2) is 53.8 Å². The van der Waals surface area contributed by atoms with Crippen LogP contribution in [-0.4, -0.2) is 74.5 Å². The number of amides is 2. The van der Waals surface area contributed by atoms with Gasteiger partial charge >= 0.3 is 5.97 Å². The molecule has 1 atom stereocenters. The standard InChI is InChI=1S/C22H26N6O6S/c1-28(2)18-7-3-6-16-15(18)5-4-8-19(16)35(33,34)26-11-20(29)27-17(9-14-10-23-13-25-14)22(32)24-12-21(30)31/h3-8,10,13,17,26H,9,11-12H2,1-2H3,(H,23,25)(H,24,32)(H,27,29)(H,30,31)/t17-/m0/s1. The summed E-state index contributed by atoms with van der Waals surface area (Å²) >= 11 is 0. The molecule has 13 heteroatoms. The first-order valence-corrected chi connectivity index (χ1v) is 12.0. The summed E-state index contributed by atoms with van der Waals surface area (Å²) in [6.45, 7) is -1.26. The normalized spacial score (nSPS) is 12.2. The van der Waals surface area contributed by atoms with Gasteiger partial charge in [-0.1, -0.05) is 24.3 Å². The highest BCUT2D eigenvalue weighted by atomic mass is 32.2. The Kier molecular flexibility index (Phi) is 8.04. The molecule has 0 spiro atoms. The average molecular weight is 503 g/mol. The molecule has 2 amide bonds. The van der Waals surface area contributed by atoms with Crippen molar-refractivity contribution in [3.63, 3.8) is 0 Å². The van der Waals surface area contributed by atoms with E-state index in [9.17, 15) is 22.8 Å². The van der Waals surface area contributed by atoms with Gasteiger partial charge in [-0.2, -0.15) is 0 Å². The summed E-state index contributed by atoms with van der Waals surface area (Å²) in [4.78, 5) is 44.2. The number of benzene rings is 2. The zero-order valence-electron chi connectivity index (χ0n) is 19.1. The topological polar surface area (TPSA) is 174 Å². The Morgan fingerprint density at radius 2 is 1.80 bits per heavy atom. The van der Waals surface area contributed by atoms with E-state index in [2.05, 4.69) is 25.3 Å². The summed E-state index contributed by atoms with van der Waals surface area (Å²) in [6.07, 6.45) is 2.85. The van der Waals surface area contributed by atoms with Crippen molar-refractivity contribution in [3.05, 3.63) is 54.6 Å². The number of aliphatic carboxylic acids is 1. The minimum absolute atomic E-state index is 0.000573. The van der Waals surface area contributed by atoms with Crippen molar-refractivity contribution in [2.45, 2.75) is 17.4 Å². The molecule has 0 unspecified atom stereocenters. The number of sulfonamides is 1. The minimum atomic E-state index is -4.08. The van der Waals surface area contributed by atoms with Gasteiger partial charge in [0.2, 0.25) is 21.8 Å². The monoisotopic (exact) mass is 502 g/mol. The van der Waals surface area contributed by atoms with Crippen molar-refractivity contribution in [3.8, 4) is 0 Å². The number of rotatable bonds is 11. The number of carbonyl (C=O) groups is 3. The number of anilines is 1. The lowest BCUT2D eigenvalue weighted by Gasteiger charge is -2.18. The van der Waals surface area contributed by atoms with Crippen LogP contribution in [0.4, 0.5) is 5.69 Å². The zero-order valence-corrected chi connectivity index (χ0v) is 19.9. The molecule has 1 heterocycles. The van der Waals surface area contributed by atoms with Crippen LogP contribution in [0.25, 0.3) is 10.8 Å². The van der Waals surface area contributed by atoms with E-state index in [0.717, 1.165) is 11.1 Å². The maximum atomic E-state index is 13.0. The number of H-pyrrole nitrogens is 1. The van der Waals surface area contributed by atoms with Crippen molar-refractivity contribution in [1.82, 2.24) is 25.3 Å². The highest BCUT2D eigenvalue weighted by molar-refractivity contribution is 7.89. The molecule has 12 nitrogen and oxygen atoms in total. The highest BCUT2D eigenvalue weighted by Gasteiger charge is 2.24. The van der Waals surface area contributed by atoms with E-state index in [-0.39, 0.29) is 11.3 Å². The van der Waals surface area contributed by atoms with E-state index in [0.29, 0.717) is 11.1 Å². The largest absolute Gasteiger partial charge is 0.480 e. The van der Waals surface area contributed by atoms with E-state index in [4.69, 9.17) is 5.11 Å². The Hall–Kier alpha value is -3.97. The fourth-order valence-electron chi connectivity index (χ4n) is 3.48. The van der Waals surface area contributed by atoms with Crippen LogP contribution >= 0.6 is 0 Å². The molecular formula is C22H26N6O6S. The lowest BCUT2D eigenvalue weighted by molar-refractivity contribution is -0.138. The van der Waals surface area contributed by atoms with Crippen LogP contribution in [-0.2, 0) is 30.8 Å². The third-order valence-corrected chi connectivity index (χ3v) is 6.56. The fourth-order valence-corrected chi connectivity index (χ4v) is 4.69. The minimum Gasteiger partial charge on any atom is -0.480 e. The zero-order chi connectivity index (χ0) is 25.6. The number of carboxylic acid groups (broad SMARTS) is 1. The molecule has 0 radical (unpaired) electrons. The molecule has 0 saturated carbocycles. The van der Waals surface area contributed by atoms with Crippen LogP contribution in [0.2, 0.25) is 0 Å². The molecule has 0 bridgehead atoms. The number of hydrogen-bond acceptors (Lipinski definition) is 7. The van der Waals surface area contributed by atoms with Crippen LogP contribution in [0.3, 0.4) is 0 Å². The number of nitrogens with one attached hydrogen (secondary N) is 4. The molecule has 0 aliphatic carbocycles. The SMILES string of the molecule is CN(C)c1cccc2c(S(=O)(=O)NCC(=O)N[C@@H](Cc3cnc[nH]3)C(=O)NCC(=O)O)cccc12. The van der Waals surface area contributed by atoms with Gasteiger partial charge in [-0.15, -0.1) is 0 Å². The van der Waals surface area contributed by atoms with E-state index < -0.39 is 46.9 Å². The van der Waals surface area contributed by atoms with Crippen molar-refractivity contribution in [2.75, 3.05) is 32.1 Å². The predicted molar refractivity (Wildman–Crippen MR) is 128 cm³/mol. The molecular weight excluding hydrogens is 476 g/mol. The first-order valence-electron chi connectivity index (χ1n) is 10.5. The van der Waals surface area contributed by atoms with Crippen molar-refractivity contribution >= 4 is 44.3 Å². The molecule has 0 aliphatic heterocycles. The number of nitrogens with zero attached hydrogens (tertiary/aromatic N) is 2. The summed E-state index contributed by atoms with van der Waals surface area (Å²) < 4.78 is 28.3. The van der Waals surface area contributed by atoms with Gasteiger partial charge in [0.1, 0.15) is 12.6 Å². The van der Waals surface area contributed by atoms with E-state index in [1.165, 1.54) is 18.6 Å². The second-order valence-electron chi connectivity index (χ2n) is 7.86. The molecule has 0 aliphatic rings. The lowest BCUT2D eigenvalue weighted by Crippen LogP contribution is -2.51. The molecule has 3 rings (SSSR count). The number of fused-ring (bicyclic) bond motifs is 1. The van der Waals surface area contributed by atoms with E-state index in [1.54, 1.807) is 18.2 Å². The van der Waals surface area contributed by atoms with Gasteiger partial charge in [0.15, 0.2) is 0 Å². The first kappa shape index (κ1) is 25.6. The Morgan fingerprint density at radius 1 is 1.09 bits per heavy atom. The summed E-state index contributed by atoms with van der Waals surface area (Å²) in [7, 11) is -0.372. The fraction of sp³-hybridized carbons (Fsp3) is 0.273. The Morgan fingerprint density at radius 3 is 2.46 bits per heavy atom. The van der Waals surface area contributed by atoms with Crippen molar-refractivity contribution in [2.24, 2.45) is 0 Å². The molecule has 5 N–H and O–H groups in total. The second-order valence-corrected chi connectivity index (χ2v) is 9.60. The molecule has 0 fully saturated rings. The van der Waals surface area contributed by atoms with Gasteiger partial charge in [0.05, 0.1) is 17.8 Å². The Labute approximate surface area is 201 Å². The van der Waals surface area contributed by atoms with Crippen molar-refractivity contribution in [1.29, 1.82) is 0 Å². The quantitative estimate of drug-likeness (QED) is 0.240. The third-order valence-electron chi connectivity index (χ3n) is 5.10. The lowest BCUT2D eigenvalue weighted by atomic mass is 10.1. The second kappa shape index (κ2) is 11.0. The molecule has 186 valence electrons. The number of carboxylic acids is 1. The highest BCUT2D eigenvalue weighted by Crippen LogP contribution is 2.30. The number of carbonyl (C=O) groups excluding carboxylic acids is 2. The van der Waals surface area contributed by atoms with E-state index in [1.807, 2.05) is 31.1 Å². The van der Waals surface area contributed by atoms with Gasteiger partial charge in [-0.25, -0.2) is 18.1 Å². The summed E-state index contributed by atoms with van der Waals surface area (Å²) in [5.74, 6) is -2.74. The third kappa shape index (κ3) is 6.55. The Balaban J connectivity index is 1.74. The maximum absolute atomic E-state index is 13.0. The van der Waals surface area contributed by atoms with Gasteiger partial charge in [-0.05, 0) is 12.1 Å². The van der Waals surface area contributed by atoms with E-state index >= 15 is 0 Å². The predicted octanol–water partition coefficient (Wildman–Crippen LogP) is -0.164. The maximum Gasteiger partial charge on any atom is 0.322 e. The number of aromatic amines is 1. The average Bonchev–Trinajstić information content (AvgIpc) is 3.33. The smallest absolute Gasteiger partial charge is 0.322 e. The molecule has 1 aromatic heterocycles. The summed E-state index contributed by atoms with van der Waals surface area (Å²) in [5.41, 5.74) is 1.36.